The molecule has 1 aliphatic heterocycles. The summed E-state index contributed by atoms with van der Waals surface area (Å²) in [5.41, 5.74) is 3.15. The number of hydrogen-bond donors (Lipinski definition) is 2. The molecule has 0 spiro atoms. The lowest BCUT2D eigenvalue weighted by atomic mass is 9.96. The molecule has 1 amide bonds. The second kappa shape index (κ2) is 12.9. The van der Waals surface area contributed by atoms with Gasteiger partial charge in [-0.2, -0.15) is 0 Å². The molecule has 202 valence electrons. The van der Waals surface area contributed by atoms with Crippen LogP contribution in [0.3, 0.4) is 0 Å². The molecule has 1 aromatic carbocycles. The first kappa shape index (κ1) is 28.4. The van der Waals surface area contributed by atoms with Crippen LogP contribution in [0.1, 0.15) is 54.0 Å². The van der Waals surface area contributed by atoms with Crippen LogP contribution in [0.5, 0.6) is 5.75 Å². The third-order valence-corrected chi connectivity index (χ3v) is 6.88. The van der Waals surface area contributed by atoms with E-state index < -0.39 is 6.43 Å². The number of carbonyl (C=O) groups excluding carboxylic acids is 1. The largest absolute Gasteiger partial charge is 0.496 e. The number of nitrogens with one attached hydrogen (secondary N) is 2. The fraction of sp³-hybridized carbons (Fsp3) is 0.500. The number of benzene rings is 1. The maximum Gasteiger partial charge on any atom is 0.256 e. The number of amides is 1. The van der Waals surface area contributed by atoms with Crippen molar-refractivity contribution < 1.29 is 18.3 Å². The monoisotopic (exact) mass is 516 g/mol. The van der Waals surface area contributed by atoms with E-state index in [0.29, 0.717) is 41.6 Å². The molecule has 3 heterocycles. The van der Waals surface area contributed by atoms with Gasteiger partial charge in [0.1, 0.15) is 5.75 Å². The van der Waals surface area contributed by atoms with Crippen molar-refractivity contribution in [2.24, 2.45) is 5.92 Å². The van der Waals surface area contributed by atoms with Gasteiger partial charge in [0.15, 0.2) is 0 Å². The van der Waals surface area contributed by atoms with E-state index in [1.54, 1.807) is 13.0 Å². The number of likely N-dealkylation sites (tertiary alicyclic amines) is 1. The van der Waals surface area contributed by atoms with Gasteiger partial charge in [-0.15, -0.1) is 0 Å². The maximum atomic E-state index is 13.3. The molecule has 0 saturated carbocycles. The first-order valence-corrected chi connectivity index (χ1v) is 12.9. The number of H-pyrrole nitrogens is 1. The van der Waals surface area contributed by atoms with Crippen LogP contribution in [0, 0.1) is 19.8 Å². The number of rotatable bonds is 8. The van der Waals surface area contributed by atoms with Gasteiger partial charge in [0, 0.05) is 28.8 Å². The summed E-state index contributed by atoms with van der Waals surface area (Å²) in [6.45, 7) is 9.62. The number of ether oxygens (including phenoxy) is 1. The Morgan fingerprint density at radius 1 is 1.19 bits per heavy atom. The molecule has 2 aromatic heterocycles. The van der Waals surface area contributed by atoms with Gasteiger partial charge < -0.3 is 19.6 Å². The number of hydrogen-bond acceptors (Lipinski definition) is 4. The second-order valence-electron chi connectivity index (χ2n) is 9.23. The molecule has 0 radical (unpaired) electrons. The van der Waals surface area contributed by atoms with Crippen LogP contribution in [0.25, 0.3) is 10.9 Å². The topological polar surface area (TPSA) is 79.4 Å². The molecule has 4 rings (SSSR count). The SMILES string of the molecule is CC.COc1cc(C)[nH]c(=O)c1CNC(=O)c1c(C)n(CC2CCN(CC(F)F)CC2)c2ccccc12. The Kier molecular flexibility index (Phi) is 9.86. The standard InChI is InChI=1S/C26H32F2N4O3.C2H6/c1-16-12-22(35-3)20(25(33)30-16)13-29-26(34)24-17(2)32(21-7-5-4-6-19(21)24)14-18-8-10-31(11-9-18)15-23(27)28;1-2/h4-7,12,18,23H,8-11,13-15H2,1-3H3,(H,29,34)(H,30,33);1-2H3. The zero-order chi connectivity index (χ0) is 27.1. The molecule has 7 nitrogen and oxygen atoms in total. The lowest BCUT2D eigenvalue weighted by Crippen LogP contribution is -2.37. The van der Waals surface area contributed by atoms with Crippen LogP contribution >= 0.6 is 0 Å². The average molecular weight is 517 g/mol. The fourth-order valence-electron chi connectivity index (χ4n) is 5.05. The van der Waals surface area contributed by atoms with Gasteiger partial charge in [-0.1, -0.05) is 32.0 Å². The Labute approximate surface area is 216 Å². The fourth-order valence-corrected chi connectivity index (χ4v) is 5.05. The Morgan fingerprint density at radius 2 is 1.86 bits per heavy atom. The van der Waals surface area contributed by atoms with Gasteiger partial charge in [-0.05, 0) is 57.8 Å². The van der Waals surface area contributed by atoms with E-state index >= 15 is 0 Å². The highest BCUT2D eigenvalue weighted by Crippen LogP contribution is 2.29. The number of piperidine rings is 1. The molecule has 0 aliphatic carbocycles. The number of para-hydroxylation sites is 1. The van der Waals surface area contributed by atoms with Crippen molar-refractivity contribution in [3.8, 4) is 5.75 Å². The van der Waals surface area contributed by atoms with E-state index in [-0.39, 0.29) is 24.6 Å². The smallest absolute Gasteiger partial charge is 0.256 e. The minimum absolute atomic E-state index is 0.0408. The highest BCUT2D eigenvalue weighted by atomic mass is 19.3. The first-order chi connectivity index (χ1) is 17.8. The van der Waals surface area contributed by atoms with Crippen molar-refractivity contribution in [1.29, 1.82) is 0 Å². The van der Waals surface area contributed by atoms with Crippen LogP contribution in [-0.2, 0) is 13.1 Å². The number of aromatic nitrogens is 2. The van der Waals surface area contributed by atoms with Crippen LogP contribution in [0.15, 0.2) is 35.1 Å². The van der Waals surface area contributed by atoms with E-state index in [0.717, 1.165) is 36.0 Å². The van der Waals surface area contributed by atoms with Crippen molar-refractivity contribution in [3.63, 3.8) is 0 Å². The lowest BCUT2D eigenvalue weighted by molar-refractivity contribution is 0.0672. The van der Waals surface area contributed by atoms with Crippen molar-refractivity contribution >= 4 is 16.8 Å². The minimum Gasteiger partial charge on any atom is -0.496 e. The predicted octanol–water partition coefficient (Wildman–Crippen LogP) is 4.89. The van der Waals surface area contributed by atoms with Crippen LogP contribution in [0.4, 0.5) is 8.78 Å². The van der Waals surface area contributed by atoms with Crippen LogP contribution in [-0.4, -0.2) is 53.5 Å². The zero-order valence-corrected chi connectivity index (χ0v) is 22.4. The molecule has 0 atom stereocenters. The number of alkyl halides is 2. The normalized spacial score (nSPS) is 14.5. The number of carbonyl (C=O) groups is 1. The third kappa shape index (κ3) is 6.57. The first-order valence-electron chi connectivity index (χ1n) is 12.9. The molecular weight excluding hydrogens is 478 g/mol. The summed E-state index contributed by atoms with van der Waals surface area (Å²) in [6.07, 6.45) is -0.620. The van der Waals surface area contributed by atoms with Gasteiger partial charge in [0.25, 0.3) is 17.9 Å². The van der Waals surface area contributed by atoms with Crippen LogP contribution < -0.4 is 15.6 Å². The van der Waals surface area contributed by atoms with Gasteiger partial charge >= 0.3 is 0 Å². The molecule has 3 aromatic rings. The average Bonchev–Trinajstić information content (AvgIpc) is 3.16. The third-order valence-electron chi connectivity index (χ3n) is 6.88. The molecule has 1 saturated heterocycles. The number of pyridine rings is 1. The van der Waals surface area contributed by atoms with Gasteiger partial charge in [-0.25, -0.2) is 8.78 Å². The summed E-state index contributed by atoms with van der Waals surface area (Å²) in [4.78, 5) is 30.3. The summed E-state index contributed by atoms with van der Waals surface area (Å²) >= 11 is 0. The molecule has 1 fully saturated rings. The highest BCUT2D eigenvalue weighted by Gasteiger charge is 2.25. The number of aromatic amines is 1. The van der Waals surface area contributed by atoms with Crippen molar-refractivity contribution in [1.82, 2.24) is 19.8 Å². The number of nitrogens with zero attached hydrogens (tertiary/aromatic N) is 2. The molecule has 9 heteroatoms. The molecule has 37 heavy (non-hydrogen) atoms. The molecule has 0 bridgehead atoms. The van der Waals surface area contributed by atoms with E-state index in [2.05, 4.69) is 14.9 Å². The zero-order valence-electron chi connectivity index (χ0n) is 22.4. The van der Waals surface area contributed by atoms with Crippen molar-refractivity contribution in [2.75, 3.05) is 26.7 Å². The van der Waals surface area contributed by atoms with Gasteiger partial charge in [-0.3, -0.25) is 14.5 Å². The molecule has 0 unspecified atom stereocenters. The summed E-state index contributed by atoms with van der Waals surface area (Å²) in [7, 11) is 1.50. The van der Waals surface area contributed by atoms with E-state index in [4.69, 9.17) is 4.74 Å². The number of methoxy groups -OCH3 is 1. The molecular formula is C28H38F2N4O3. The molecule has 1 aliphatic rings. The van der Waals surface area contributed by atoms with Gasteiger partial charge in [0.05, 0.1) is 31.3 Å². The minimum atomic E-state index is -2.31. The number of fused-ring (bicyclic) bond motifs is 1. The van der Waals surface area contributed by atoms with Crippen LogP contribution in [0.2, 0.25) is 0 Å². The Bertz CT molecular complexity index is 1260. The highest BCUT2D eigenvalue weighted by molar-refractivity contribution is 6.08. The summed E-state index contributed by atoms with van der Waals surface area (Å²) < 4.78 is 32.9. The number of halogens is 2. The quantitative estimate of drug-likeness (QED) is 0.447. The summed E-state index contributed by atoms with van der Waals surface area (Å²) in [5, 5.41) is 3.74. The van der Waals surface area contributed by atoms with E-state index in [9.17, 15) is 18.4 Å². The number of aryl methyl sites for hydroxylation is 1. The Balaban J connectivity index is 0.00000186. The molecule has 2 N–H and O–H groups in total. The van der Waals surface area contributed by atoms with Crippen molar-refractivity contribution in [3.05, 3.63) is 63.2 Å². The predicted molar refractivity (Wildman–Crippen MR) is 143 cm³/mol. The van der Waals surface area contributed by atoms with E-state index in [1.165, 1.54) is 7.11 Å². The maximum absolute atomic E-state index is 13.3. The van der Waals surface area contributed by atoms with E-state index in [1.807, 2.05) is 49.9 Å². The summed E-state index contributed by atoms with van der Waals surface area (Å²) in [5.74, 6) is 0.528. The Hall–Kier alpha value is -3.20. The summed E-state index contributed by atoms with van der Waals surface area (Å²) in [6, 6.07) is 9.50. The van der Waals surface area contributed by atoms with Crippen molar-refractivity contribution in [2.45, 2.75) is 60.1 Å². The lowest BCUT2D eigenvalue weighted by Gasteiger charge is -2.32. The Morgan fingerprint density at radius 3 is 2.51 bits per heavy atom. The second-order valence-corrected chi connectivity index (χ2v) is 9.23. The van der Waals surface area contributed by atoms with Gasteiger partial charge in [0.2, 0.25) is 0 Å².